The van der Waals surface area contributed by atoms with E-state index in [1.807, 2.05) is 6.08 Å². The van der Waals surface area contributed by atoms with Crippen LogP contribution in [-0.2, 0) is 4.79 Å². The Morgan fingerprint density at radius 2 is 2.12 bits per heavy atom. The van der Waals surface area contributed by atoms with Gasteiger partial charge in [0.05, 0.1) is 0 Å². The minimum atomic E-state index is -0.880. The van der Waals surface area contributed by atoms with Crippen LogP contribution in [0, 0.1) is 23.7 Å². The van der Waals surface area contributed by atoms with Crippen molar-refractivity contribution in [1.82, 2.24) is 0 Å². The molecule has 0 aliphatic carbocycles. The maximum atomic E-state index is 10.6. The van der Waals surface area contributed by atoms with E-state index >= 15 is 0 Å². The van der Waals surface area contributed by atoms with E-state index in [9.17, 15) is 9.90 Å². The van der Waals surface area contributed by atoms with E-state index in [0.29, 0.717) is 0 Å². The lowest BCUT2D eigenvalue weighted by Gasteiger charge is -1.95. The van der Waals surface area contributed by atoms with E-state index in [4.69, 9.17) is 0 Å². The first-order chi connectivity index (χ1) is 8.16. The summed E-state index contributed by atoms with van der Waals surface area (Å²) in [5, 5.41) is 9.25. The molecule has 0 aromatic carbocycles. The molecule has 1 atom stereocenters. The van der Waals surface area contributed by atoms with Crippen LogP contribution in [0.15, 0.2) is 12.7 Å². The largest absolute Gasteiger partial charge is 0.380 e. The van der Waals surface area contributed by atoms with Crippen LogP contribution in [0.2, 0.25) is 0 Å². The minimum absolute atomic E-state index is 0.0676. The number of carbonyl (C=O) groups is 1. The van der Waals surface area contributed by atoms with E-state index in [0.717, 1.165) is 32.1 Å². The first-order valence-corrected chi connectivity index (χ1v) is 5.93. The van der Waals surface area contributed by atoms with Crippen molar-refractivity contribution in [3.8, 4) is 23.7 Å². The molecular formula is C15H20O2. The summed E-state index contributed by atoms with van der Waals surface area (Å²) in [6, 6.07) is 0. The third-order valence-electron chi connectivity index (χ3n) is 2.08. The highest BCUT2D eigenvalue weighted by Crippen LogP contribution is 2.01. The number of aliphatic hydroxyl groups is 1. The number of ketones is 1. The third-order valence-corrected chi connectivity index (χ3v) is 2.08. The van der Waals surface area contributed by atoms with Gasteiger partial charge >= 0.3 is 0 Å². The number of hydrogen-bond acceptors (Lipinski definition) is 2. The summed E-state index contributed by atoms with van der Waals surface area (Å²) >= 11 is 0. The molecule has 0 radical (unpaired) electrons. The number of hydrogen-bond donors (Lipinski definition) is 1. The average molecular weight is 232 g/mol. The Balaban J connectivity index is 3.63. The van der Waals surface area contributed by atoms with E-state index in [-0.39, 0.29) is 12.2 Å². The van der Waals surface area contributed by atoms with Gasteiger partial charge in [0, 0.05) is 12.8 Å². The molecule has 1 N–H and O–H groups in total. The van der Waals surface area contributed by atoms with Crippen LogP contribution in [0.3, 0.4) is 0 Å². The van der Waals surface area contributed by atoms with Gasteiger partial charge in [-0.25, -0.2) is 0 Å². The van der Waals surface area contributed by atoms with Gasteiger partial charge in [0.25, 0.3) is 0 Å². The Kier molecular flexibility index (Phi) is 10.0. The molecule has 0 rings (SSSR count). The standard InChI is InChI=1S/C15H20O2/c1-3-4-5-6-7-8-9-10-11-12-15(17)13-14(2)16/h3,15,17H,1,4-8,13H2,2H3/t15-/m0/s1. The highest BCUT2D eigenvalue weighted by atomic mass is 16.3. The molecule has 92 valence electrons. The molecule has 0 spiro atoms. The predicted molar refractivity (Wildman–Crippen MR) is 70.1 cm³/mol. The number of rotatable bonds is 7. The van der Waals surface area contributed by atoms with Gasteiger partial charge in [0.1, 0.15) is 11.9 Å². The Labute approximate surface area is 104 Å². The molecule has 0 bridgehead atoms. The van der Waals surface area contributed by atoms with Crippen molar-refractivity contribution in [2.75, 3.05) is 0 Å². The van der Waals surface area contributed by atoms with Crippen LogP contribution in [0.1, 0.15) is 45.4 Å². The van der Waals surface area contributed by atoms with Crippen LogP contribution >= 0.6 is 0 Å². The zero-order valence-electron chi connectivity index (χ0n) is 10.5. The maximum Gasteiger partial charge on any atom is 0.133 e. The van der Waals surface area contributed by atoms with Crippen molar-refractivity contribution in [3.05, 3.63) is 12.7 Å². The van der Waals surface area contributed by atoms with Gasteiger partial charge in [-0.2, -0.15) is 0 Å². The first kappa shape index (κ1) is 15.5. The second kappa shape index (κ2) is 11.0. The Hall–Kier alpha value is -1.51. The van der Waals surface area contributed by atoms with Crippen molar-refractivity contribution < 1.29 is 9.90 Å². The molecule has 0 amide bonds. The van der Waals surface area contributed by atoms with Crippen molar-refractivity contribution in [2.45, 2.75) is 51.6 Å². The van der Waals surface area contributed by atoms with Gasteiger partial charge in [0.15, 0.2) is 0 Å². The second-order valence-electron chi connectivity index (χ2n) is 3.88. The fraction of sp³-hybridized carbons (Fsp3) is 0.533. The third kappa shape index (κ3) is 12.4. The fourth-order valence-corrected chi connectivity index (χ4v) is 1.23. The zero-order valence-corrected chi connectivity index (χ0v) is 10.5. The number of aliphatic hydroxyl groups excluding tert-OH is 1. The highest BCUT2D eigenvalue weighted by Gasteiger charge is 2.01. The normalized spacial score (nSPS) is 10.5. The topological polar surface area (TPSA) is 37.3 Å². The molecule has 0 aromatic heterocycles. The number of unbranched alkanes of at least 4 members (excludes halogenated alkanes) is 4. The second-order valence-corrected chi connectivity index (χ2v) is 3.88. The van der Waals surface area contributed by atoms with Gasteiger partial charge in [-0.15, -0.1) is 6.58 Å². The first-order valence-electron chi connectivity index (χ1n) is 5.93. The van der Waals surface area contributed by atoms with E-state index in [1.54, 1.807) is 0 Å². The van der Waals surface area contributed by atoms with Gasteiger partial charge in [-0.05, 0) is 38.0 Å². The van der Waals surface area contributed by atoms with Crippen LogP contribution in [0.25, 0.3) is 0 Å². The molecule has 2 nitrogen and oxygen atoms in total. The predicted octanol–water partition coefficient (Wildman–Crippen LogP) is 2.47. The molecule has 0 saturated carbocycles. The molecule has 0 aliphatic heterocycles. The molecular weight excluding hydrogens is 212 g/mol. The molecule has 0 fully saturated rings. The lowest BCUT2D eigenvalue weighted by atomic mass is 10.1. The van der Waals surface area contributed by atoms with Crippen molar-refractivity contribution in [3.63, 3.8) is 0 Å². The lowest BCUT2D eigenvalue weighted by molar-refractivity contribution is -0.118. The van der Waals surface area contributed by atoms with E-state index < -0.39 is 6.10 Å². The number of allylic oxidation sites excluding steroid dienone is 1. The Bertz CT molecular complexity index is 347. The van der Waals surface area contributed by atoms with Crippen LogP contribution in [0.4, 0.5) is 0 Å². The highest BCUT2D eigenvalue weighted by molar-refractivity contribution is 5.76. The monoisotopic (exact) mass is 232 g/mol. The summed E-state index contributed by atoms with van der Waals surface area (Å²) in [5.41, 5.74) is 0. The summed E-state index contributed by atoms with van der Waals surface area (Å²) < 4.78 is 0. The number of Topliss-reactive ketones (excluding diaryl/α,β-unsaturated/α-hetero) is 1. The van der Waals surface area contributed by atoms with Crippen molar-refractivity contribution in [2.24, 2.45) is 0 Å². The average Bonchev–Trinajstić information content (AvgIpc) is 2.26. The number of carbonyl (C=O) groups excluding carboxylic acids is 1. The quantitative estimate of drug-likeness (QED) is 0.416. The maximum absolute atomic E-state index is 10.6. The minimum Gasteiger partial charge on any atom is -0.380 e. The summed E-state index contributed by atoms with van der Waals surface area (Å²) in [5.74, 6) is 10.6. The molecule has 0 unspecified atom stereocenters. The van der Waals surface area contributed by atoms with Crippen LogP contribution in [0.5, 0.6) is 0 Å². The van der Waals surface area contributed by atoms with Crippen LogP contribution in [-0.4, -0.2) is 17.0 Å². The van der Waals surface area contributed by atoms with Crippen molar-refractivity contribution >= 4 is 5.78 Å². The smallest absolute Gasteiger partial charge is 0.133 e. The molecule has 2 heteroatoms. The molecule has 0 aliphatic rings. The Morgan fingerprint density at radius 1 is 1.35 bits per heavy atom. The van der Waals surface area contributed by atoms with Crippen molar-refractivity contribution in [1.29, 1.82) is 0 Å². The zero-order chi connectivity index (χ0) is 12.9. The van der Waals surface area contributed by atoms with E-state index in [1.165, 1.54) is 6.92 Å². The fourth-order valence-electron chi connectivity index (χ4n) is 1.23. The van der Waals surface area contributed by atoms with Gasteiger partial charge in [-0.1, -0.05) is 24.3 Å². The molecule has 17 heavy (non-hydrogen) atoms. The molecule has 0 heterocycles. The van der Waals surface area contributed by atoms with Crippen LogP contribution < -0.4 is 0 Å². The van der Waals surface area contributed by atoms with Gasteiger partial charge in [-0.3, -0.25) is 4.79 Å². The summed E-state index contributed by atoms with van der Waals surface area (Å²) in [6.45, 7) is 5.09. The molecule has 0 aromatic rings. The summed E-state index contributed by atoms with van der Waals surface area (Å²) in [6.07, 6.45) is 6.39. The Morgan fingerprint density at radius 3 is 2.76 bits per heavy atom. The summed E-state index contributed by atoms with van der Waals surface area (Å²) in [4.78, 5) is 10.6. The molecule has 0 saturated heterocycles. The van der Waals surface area contributed by atoms with Gasteiger partial charge < -0.3 is 5.11 Å². The van der Waals surface area contributed by atoms with E-state index in [2.05, 4.69) is 30.3 Å². The summed E-state index contributed by atoms with van der Waals surface area (Å²) in [7, 11) is 0. The SMILES string of the molecule is C=CCCCCCC#CC#C[C@H](O)CC(C)=O. The lowest BCUT2D eigenvalue weighted by Crippen LogP contribution is -2.07. The van der Waals surface area contributed by atoms with Gasteiger partial charge in [0.2, 0.25) is 0 Å².